The Morgan fingerprint density at radius 1 is 1.08 bits per heavy atom. The first-order valence-corrected chi connectivity index (χ1v) is 8.38. The number of ether oxygens (including phenoxy) is 1. The summed E-state index contributed by atoms with van der Waals surface area (Å²) in [6.07, 6.45) is 2.46. The zero-order valence-corrected chi connectivity index (χ0v) is 14.7. The Morgan fingerprint density at radius 2 is 1.92 bits per heavy atom. The second-order valence-electron chi connectivity index (χ2n) is 6.22. The van der Waals surface area contributed by atoms with Gasteiger partial charge in [0, 0.05) is 17.1 Å². The number of hydrogen-bond acceptors (Lipinski definition) is 5. The third-order valence-electron chi connectivity index (χ3n) is 4.45. The van der Waals surface area contributed by atoms with Crippen LogP contribution in [-0.2, 0) is 6.42 Å². The minimum absolute atomic E-state index is 0.237. The second-order valence-corrected chi connectivity index (χ2v) is 6.22. The van der Waals surface area contributed by atoms with Crippen molar-refractivity contribution in [3.8, 4) is 17.2 Å². The highest BCUT2D eigenvalue weighted by molar-refractivity contribution is 5.87. The number of anilines is 1. The van der Waals surface area contributed by atoms with Crippen LogP contribution in [0.1, 0.15) is 16.7 Å². The number of methoxy groups -OCH3 is 1. The fourth-order valence-corrected chi connectivity index (χ4v) is 3.14. The van der Waals surface area contributed by atoms with Crippen molar-refractivity contribution in [3.05, 3.63) is 71.4 Å². The van der Waals surface area contributed by atoms with E-state index in [4.69, 9.17) is 14.9 Å². The molecule has 0 aliphatic rings. The predicted octanol–water partition coefficient (Wildman–Crippen LogP) is 4.38. The highest BCUT2D eigenvalue weighted by Crippen LogP contribution is 2.33. The zero-order chi connectivity index (χ0) is 18.1. The van der Waals surface area contributed by atoms with Gasteiger partial charge in [0.15, 0.2) is 5.76 Å². The summed E-state index contributed by atoms with van der Waals surface area (Å²) in [6.45, 7) is 2.04. The van der Waals surface area contributed by atoms with Gasteiger partial charge in [-0.15, -0.1) is 0 Å². The molecule has 0 spiro atoms. The van der Waals surface area contributed by atoms with Gasteiger partial charge in [-0.25, -0.2) is 9.97 Å². The van der Waals surface area contributed by atoms with Crippen molar-refractivity contribution >= 4 is 16.9 Å². The second kappa shape index (κ2) is 6.52. The van der Waals surface area contributed by atoms with Gasteiger partial charge in [-0.3, -0.25) is 0 Å². The van der Waals surface area contributed by atoms with Crippen molar-refractivity contribution in [3.63, 3.8) is 0 Å². The molecule has 2 N–H and O–H groups in total. The highest BCUT2D eigenvalue weighted by Gasteiger charge is 2.14. The standard InChI is InChI=1S/C21H19N3O2/c1-13-17-12-15(10-14-4-3-5-16(11-14)25-2)6-7-19(17)26-20(13)18-8-9-23-21(22)24-18/h3-9,11-12H,10H2,1-2H3,(H2,22,23,24). The summed E-state index contributed by atoms with van der Waals surface area (Å²) >= 11 is 0. The molecular weight excluding hydrogens is 326 g/mol. The van der Waals surface area contributed by atoms with Crippen molar-refractivity contribution in [2.45, 2.75) is 13.3 Å². The van der Waals surface area contributed by atoms with Gasteiger partial charge in [-0.2, -0.15) is 0 Å². The molecule has 2 heterocycles. The van der Waals surface area contributed by atoms with Crippen LogP contribution >= 0.6 is 0 Å². The molecule has 0 saturated heterocycles. The van der Waals surface area contributed by atoms with Gasteiger partial charge in [0.1, 0.15) is 17.0 Å². The smallest absolute Gasteiger partial charge is 0.220 e. The van der Waals surface area contributed by atoms with E-state index in [9.17, 15) is 0 Å². The summed E-state index contributed by atoms with van der Waals surface area (Å²) in [5, 5.41) is 1.08. The highest BCUT2D eigenvalue weighted by atomic mass is 16.5. The molecule has 0 unspecified atom stereocenters. The van der Waals surface area contributed by atoms with Gasteiger partial charge >= 0.3 is 0 Å². The number of aryl methyl sites for hydroxylation is 1. The van der Waals surface area contributed by atoms with E-state index in [1.807, 2.05) is 25.1 Å². The maximum absolute atomic E-state index is 6.02. The molecular formula is C21H19N3O2. The molecule has 2 aromatic heterocycles. The number of aromatic nitrogens is 2. The van der Waals surface area contributed by atoms with Crippen molar-refractivity contribution in [1.82, 2.24) is 9.97 Å². The van der Waals surface area contributed by atoms with Gasteiger partial charge in [0.25, 0.3) is 0 Å². The van der Waals surface area contributed by atoms with Crippen molar-refractivity contribution in [2.24, 2.45) is 0 Å². The van der Waals surface area contributed by atoms with E-state index in [0.29, 0.717) is 5.69 Å². The molecule has 0 amide bonds. The van der Waals surface area contributed by atoms with Crippen LogP contribution in [0.4, 0.5) is 5.95 Å². The number of hydrogen-bond donors (Lipinski definition) is 1. The molecule has 5 heteroatoms. The Hall–Kier alpha value is -3.34. The van der Waals surface area contributed by atoms with Crippen LogP contribution in [0.15, 0.2) is 59.1 Å². The molecule has 0 bridgehead atoms. The molecule has 2 aromatic carbocycles. The van der Waals surface area contributed by atoms with E-state index in [-0.39, 0.29) is 5.95 Å². The maximum Gasteiger partial charge on any atom is 0.220 e. The monoisotopic (exact) mass is 345 g/mol. The SMILES string of the molecule is COc1cccc(Cc2ccc3oc(-c4ccnc(N)n4)c(C)c3c2)c1. The van der Waals surface area contributed by atoms with E-state index < -0.39 is 0 Å². The fraction of sp³-hybridized carbons (Fsp3) is 0.143. The first-order chi connectivity index (χ1) is 12.6. The number of fused-ring (bicyclic) bond motifs is 1. The lowest BCUT2D eigenvalue weighted by Crippen LogP contribution is -1.95. The largest absolute Gasteiger partial charge is 0.497 e. The van der Waals surface area contributed by atoms with Crippen molar-refractivity contribution < 1.29 is 9.15 Å². The fourth-order valence-electron chi connectivity index (χ4n) is 3.14. The summed E-state index contributed by atoms with van der Waals surface area (Å²) in [5.41, 5.74) is 10.7. The van der Waals surface area contributed by atoms with Crippen LogP contribution in [-0.4, -0.2) is 17.1 Å². The number of furan rings is 1. The van der Waals surface area contributed by atoms with E-state index >= 15 is 0 Å². The van der Waals surface area contributed by atoms with Crippen LogP contribution in [0.25, 0.3) is 22.4 Å². The lowest BCUT2D eigenvalue weighted by molar-refractivity contribution is 0.414. The minimum Gasteiger partial charge on any atom is -0.497 e. The summed E-state index contributed by atoms with van der Waals surface area (Å²) in [4.78, 5) is 8.21. The molecule has 0 radical (unpaired) electrons. The summed E-state index contributed by atoms with van der Waals surface area (Å²) < 4.78 is 11.3. The van der Waals surface area contributed by atoms with Gasteiger partial charge in [0.05, 0.1) is 7.11 Å². The Kier molecular flexibility index (Phi) is 4.05. The maximum atomic E-state index is 6.02. The van der Waals surface area contributed by atoms with Gasteiger partial charge in [0.2, 0.25) is 5.95 Å². The van der Waals surface area contributed by atoms with E-state index in [1.165, 1.54) is 11.1 Å². The number of benzene rings is 2. The molecule has 130 valence electrons. The summed E-state index contributed by atoms with van der Waals surface area (Å²) in [7, 11) is 1.68. The van der Waals surface area contributed by atoms with Gasteiger partial charge in [-0.05, 0) is 54.8 Å². The summed E-state index contributed by atoms with van der Waals surface area (Å²) in [5.74, 6) is 1.83. The zero-order valence-electron chi connectivity index (χ0n) is 14.7. The van der Waals surface area contributed by atoms with Crippen LogP contribution in [0.5, 0.6) is 5.75 Å². The quantitative estimate of drug-likeness (QED) is 0.594. The molecule has 26 heavy (non-hydrogen) atoms. The van der Waals surface area contributed by atoms with Crippen LogP contribution in [0, 0.1) is 6.92 Å². The van der Waals surface area contributed by atoms with Gasteiger partial charge < -0.3 is 14.9 Å². The first kappa shape index (κ1) is 16.1. The average molecular weight is 345 g/mol. The third-order valence-corrected chi connectivity index (χ3v) is 4.45. The lowest BCUT2D eigenvalue weighted by Gasteiger charge is -2.05. The molecule has 0 fully saturated rings. The Morgan fingerprint density at radius 3 is 2.73 bits per heavy atom. The minimum atomic E-state index is 0.237. The molecule has 0 atom stereocenters. The number of nitrogens with two attached hydrogens (primary N) is 1. The third kappa shape index (κ3) is 2.99. The van der Waals surface area contributed by atoms with Crippen LogP contribution in [0.2, 0.25) is 0 Å². The molecule has 0 aliphatic heterocycles. The molecule has 0 saturated carbocycles. The normalized spacial score (nSPS) is 11.0. The topological polar surface area (TPSA) is 74.2 Å². The predicted molar refractivity (Wildman–Crippen MR) is 102 cm³/mol. The number of rotatable bonds is 4. The van der Waals surface area contributed by atoms with Crippen molar-refractivity contribution in [2.75, 3.05) is 12.8 Å². The van der Waals surface area contributed by atoms with E-state index in [2.05, 4.69) is 34.2 Å². The molecule has 4 rings (SSSR count). The van der Waals surface area contributed by atoms with E-state index in [0.717, 1.165) is 34.5 Å². The van der Waals surface area contributed by atoms with Crippen LogP contribution in [0.3, 0.4) is 0 Å². The number of nitrogen functional groups attached to an aromatic ring is 1. The van der Waals surface area contributed by atoms with Crippen LogP contribution < -0.4 is 10.5 Å². The number of nitrogens with zero attached hydrogens (tertiary/aromatic N) is 2. The van der Waals surface area contributed by atoms with Crippen molar-refractivity contribution in [1.29, 1.82) is 0 Å². The lowest BCUT2D eigenvalue weighted by atomic mass is 10.0. The summed E-state index contributed by atoms with van der Waals surface area (Å²) in [6, 6.07) is 16.2. The Bertz CT molecular complexity index is 1090. The molecule has 0 aliphatic carbocycles. The molecule has 5 nitrogen and oxygen atoms in total. The Labute approximate surface area is 151 Å². The Balaban J connectivity index is 1.72. The van der Waals surface area contributed by atoms with Gasteiger partial charge in [-0.1, -0.05) is 18.2 Å². The van der Waals surface area contributed by atoms with E-state index in [1.54, 1.807) is 19.4 Å². The average Bonchev–Trinajstić information content (AvgIpc) is 2.98. The molecule has 4 aromatic rings. The first-order valence-electron chi connectivity index (χ1n) is 8.38.